The average Bonchev–Trinajstić information content (AvgIpc) is 2.84. The molecule has 7 atom stereocenters. The highest BCUT2D eigenvalue weighted by atomic mass is 16.6. The summed E-state index contributed by atoms with van der Waals surface area (Å²) in [5.41, 5.74) is -0.569. The maximum absolute atomic E-state index is 13.5. The van der Waals surface area contributed by atoms with Crippen LogP contribution in [0.2, 0.25) is 0 Å². The van der Waals surface area contributed by atoms with Crippen LogP contribution in [0.15, 0.2) is 0 Å². The first-order chi connectivity index (χ1) is 10.8. The number of carbonyl (C=O) groups is 1. The van der Waals surface area contributed by atoms with E-state index >= 15 is 0 Å². The van der Waals surface area contributed by atoms with E-state index in [9.17, 15) is 9.90 Å². The van der Waals surface area contributed by atoms with Crippen molar-refractivity contribution in [3.05, 3.63) is 0 Å². The Kier molecular flexibility index (Phi) is 4.06. The van der Waals surface area contributed by atoms with E-state index in [-0.39, 0.29) is 22.3 Å². The predicted octanol–water partition coefficient (Wildman–Crippen LogP) is 4.28. The third kappa shape index (κ3) is 2.26. The SMILES string of the molecule is CC1CC2C(O)OC3C(CC(=O)C(C)(C(C)(C)C)C(C)(C)C)C1C23. The Morgan fingerprint density at radius 1 is 1.04 bits per heavy atom. The molecule has 0 aromatic heterocycles. The molecule has 3 heteroatoms. The van der Waals surface area contributed by atoms with Crippen LogP contribution in [0, 0.1) is 45.8 Å². The lowest BCUT2D eigenvalue weighted by molar-refractivity contribution is -0.174. The van der Waals surface area contributed by atoms with Crippen molar-refractivity contribution in [3.8, 4) is 0 Å². The van der Waals surface area contributed by atoms with Crippen molar-refractivity contribution < 1.29 is 14.6 Å². The van der Waals surface area contributed by atoms with Crippen molar-refractivity contribution in [1.29, 1.82) is 0 Å². The fraction of sp³-hybridized carbons (Fsp3) is 0.952. The molecule has 2 saturated carbocycles. The Balaban J connectivity index is 1.82. The number of aliphatic hydroxyl groups excluding tert-OH is 1. The van der Waals surface area contributed by atoms with Gasteiger partial charge in [0.15, 0.2) is 6.29 Å². The van der Waals surface area contributed by atoms with Gasteiger partial charge in [-0.05, 0) is 40.9 Å². The van der Waals surface area contributed by atoms with Crippen LogP contribution < -0.4 is 0 Å². The number of hydrogen-bond acceptors (Lipinski definition) is 3. The summed E-state index contributed by atoms with van der Waals surface area (Å²) < 4.78 is 5.84. The number of aliphatic hydroxyl groups is 1. The summed E-state index contributed by atoms with van der Waals surface area (Å²) in [6.45, 7) is 17.5. The summed E-state index contributed by atoms with van der Waals surface area (Å²) in [5.74, 6) is 2.62. The highest BCUT2D eigenvalue weighted by molar-refractivity contribution is 5.86. The molecule has 7 unspecified atom stereocenters. The standard InChI is InChI=1S/C21H36O3/c1-11-9-13-16-15(11)12(17(16)24-18(13)23)10-14(22)21(8,19(2,3)4)20(5,6)7/h11-13,15-18,23H,9-10H2,1-8H3. The minimum absolute atomic E-state index is 0.0919. The highest BCUT2D eigenvalue weighted by Gasteiger charge is 2.67. The van der Waals surface area contributed by atoms with Gasteiger partial charge in [0.1, 0.15) is 5.78 Å². The minimum atomic E-state index is -0.607. The number of hydrogen-bond donors (Lipinski definition) is 1. The van der Waals surface area contributed by atoms with Gasteiger partial charge in [-0.15, -0.1) is 0 Å². The monoisotopic (exact) mass is 336 g/mol. The summed E-state index contributed by atoms with van der Waals surface area (Å²) in [6, 6.07) is 0. The molecule has 3 rings (SSSR count). The summed E-state index contributed by atoms with van der Waals surface area (Å²) in [5, 5.41) is 10.2. The summed E-state index contributed by atoms with van der Waals surface area (Å²) in [7, 11) is 0. The number of carbonyl (C=O) groups excluding carboxylic acids is 1. The van der Waals surface area contributed by atoms with E-state index in [0.29, 0.717) is 41.8 Å². The lowest BCUT2D eigenvalue weighted by Crippen LogP contribution is -2.55. The van der Waals surface area contributed by atoms with Crippen molar-refractivity contribution >= 4 is 5.78 Å². The van der Waals surface area contributed by atoms with Crippen molar-refractivity contribution in [2.75, 3.05) is 0 Å². The van der Waals surface area contributed by atoms with Gasteiger partial charge in [-0.25, -0.2) is 0 Å². The molecule has 0 spiro atoms. The topological polar surface area (TPSA) is 46.5 Å². The van der Waals surface area contributed by atoms with E-state index in [0.717, 1.165) is 6.42 Å². The van der Waals surface area contributed by atoms with E-state index in [2.05, 4.69) is 55.4 Å². The highest BCUT2D eigenvalue weighted by Crippen LogP contribution is 2.65. The zero-order valence-corrected chi connectivity index (χ0v) is 16.7. The molecule has 3 fully saturated rings. The molecule has 1 heterocycles. The quantitative estimate of drug-likeness (QED) is 0.837. The minimum Gasteiger partial charge on any atom is -0.368 e. The Morgan fingerprint density at radius 2 is 1.58 bits per heavy atom. The molecule has 0 radical (unpaired) electrons. The molecule has 0 bridgehead atoms. The van der Waals surface area contributed by atoms with Crippen LogP contribution in [-0.2, 0) is 9.53 Å². The molecule has 0 amide bonds. The Hall–Kier alpha value is -0.410. The second-order valence-electron chi connectivity index (χ2n) is 10.9. The van der Waals surface area contributed by atoms with Gasteiger partial charge in [-0.3, -0.25) is 4.79 Å². The van der Waals surface area contributed by atoms with Gasteiger partial charge in [-0.2, -0.15) is 0 Å². The molecule has 0 aromatic rings. The normalized spacial score (nSPS) is 42.0. The molecule has 1 N–H and O–H groups in total. The van der Waals surface area contributed by atoms with Crippen LogP contribution in [0.25, 0.3) is 0 Å². The molecule has 1 saturated heterocycles. The van der Waals surface area contributed by atoms with Crippen molar-refractivity contribution in [3.63, 3.8) is 0 Å². The third-order valence-electron chi connectivity index (χ3n) is 8.18. The Morgan fingerprint density at radius 3 is 2.08 bits per heavy atom. The maximum atomic E-state index is 13.5. The van der Waals surface area contributed by atoms with Crippen molar-refractivity contribution in [2.45, 2.75) is 80.6 Å². The van der Waals surface area contributed by atoms with E-state index in [1.165, 1.54) is 0 Å². The van der Waals surface area contributed by atoms with Gasteiger partial charge in [0, 0.05) is 17.8 Å². The van der Waals surface area contributed by atoms with Crippen LogP contribution in [0.1, 0.15) is 68.2 Å². The lowest BCUT2D eigenvalue weighted by Gasteiger charge is -2.53. The smallest absolute Gasteiger partial charge is 0.158 e. The molecule has 1 aliphatic heterocycles. The molecule has 0 aromatic carbocycles. The van der Waals surface area contributed by atoms with Gasteiger partial charge >= 0.3 is 0 Å². The van der Waals surface area contributed by atoms with E-state index in [1.54, 1.807) is 0 Å². The van der Waals surface area contributed by atoms with Crippen molar-refractivity contribution in [1.82, 2.24) is 0 Å². The number of rotatable bonds is 3. The van der Waals surface area contributed by atoms with Gasteiger partial charge in [0.25, 0.3) is 0 Å². The second kappa shape index (κ2) is 5.30. The van der Waals surface area contributed by atoms with Crippen molar-refractivity contribution in [2.24, 2.45) is 45.8 Å². The first-order valence-corrected chi connectivity index (χ1v) is 9.67. The zero-order valence-electron chi connectivity index (χ0n) is 16.7. The fourth-order valence-electron chi connectivity index (χ4n) is 6.33. The number of ether oxygens (including phenoxy) is 1. The molecule has 24 heavy (non-hydrogen) atoms. The fourth-order valence-corrected chi connectivity index (χ4v) is 6.33. The number of Topliss-reactive ketones (excluding diaryl/α,β-unsaturated/α-hetero) is 1. The Bertz CT molecular complexity index is 510. The van der Waals surface area contributed by atoms with E-state index in [4.69, 9.17) is 4.74 Å². The van der Waals surface area contributed by atoms with Gasteiger partial charge in [0.2, 0.25) is 0 Å². The predicted molar refractivity (Wildman–Crippen MR) is 95.3 cm³/mol. The zero-order chi connectivity index (χ0) is 18.2. The first kappa shape index (κ1) is 18.4. The lowest BCUT2D eigenvalue weighted by atomic mass is 9.50. The van der Waals surface area contributed by atoms with Crippen LogP contribution in [0.5, 0.6) is 0 Å². The second-order valence-corrected chi connectivity index (χ2v) is 10.9. The first-order valence-electron chi connectivity index (χ1n) is 9.67. The third-order valence-corrected chi connectivity index (χ3v) is 8.18. The average molecular weight is 337 g/mol. The molecule has 138 valence electrons. The largest absolute Gasteiger partial charge is 0.368 e. The van der Waals surface area contributed by atoms with Gasteiger partial charge in [0.05, 0.1) is 6.10 Å². The summed E-state index contributed by atoms with van der Waals surface area (Å²) in [6.07, 6.45) is 1.14. The molecule has 3 nitrogen and oxygen atoms in total. The van der Waals surface area contributed by atoms with Crippen LogP contribution in [-0.4, -0.2) is 23.3 Å². The maximum Gasteiger partial charge on any atom is 0.158 e. The van der Waals surface area contributed by atoms with Gasteiger partial charge < -0.3 is 9.84 Å². The number of ketones is 1. The van der Waals surface area contributed by atoms with Gasteiger partial charge in [-0.1, -0.05) is 55.4 Å². The van der Waals surface area contributed by atoms with Crippen LogP contribution in [0.3, 0.4) is 0 Å². The van der Waals surface area contributed by atoms with E-state index < -0.39 is 6.29 Å². The van der Waals surface area contributed by atoms with Crippen LogP contribution >= 0.6 is 0 Å². The van der Waals surface area contributed by atoms with E-state index in [1.807, 2.05) is 0 Å². The summed E-state index contributed by atoms with van der Waals surface area (Å²) >= 11 is 0. The molecule has 3 aliphatic rings. The Labute approximate surface area is 147 Å². The summed E-state index contributed by atoms with van der Waals surface area (Å²) in [4.78, 5) is 13.5. The molecule has 2 aliphatic carbocycles. The van der Waals surface area contributed by atoms with Crippen LogP contribution in [0.4, 0.5) is 0 Å². The molecular weight excluding hydrogens is 300 g/mol. The molecular formula is C21H36O3.